The molecular formula is C23H18BrN3O12. The Morgan fingerprint density at radius 1 is 0.359 bits per heavy atom. The summed E-state index contributed by atoms with van der Waals surface area (Å²) in [5, 5.41) is 123. The summed E-state index contributed by atoms with van der Waals surface area (Å²) in [7, 11) is 0. The van der Waals surface area contributed by atoms with Crippen molar-refractivity contribution >= 4 is 15.9 Å². The first-order valence-electron chi connectivity index (χ1n) is 10.5. The van der Waals surface area contributed by atoms with Crippen LogP contribution in [0.3, 0.4) is 0 Å². The molecule has 3 aromatic carbocycles. The van der Waals surface area contributed by atoms with Crippen molar-refractivity contribution in [3.8, 4) is 103 Å². The number of rotatable bonds is 3. The molecule has 4 aromatic rings. The highest BCUT2D eigenvalue weighted by Gasteiger charge is 2.31. The molecule has 1 heterocycles. The average molecular weight is 608 g/mol. The van der Waals surface area contributed by atoms with Crippen molar-refractivity contribution in [1.82, 2.24) is 15.0 Å². The quantitative estimate of drug-likeness (QED) is 0.118. The molecule has 4 rings (SSSR count). The molecule has 1 aromatic heterocycles. The molecule has 0 bridgehead atoms. The van der Waals surface area contributed by atoms with Crippen LogP contribution in [0.25, 0.3) is 34.2 Å². The second kappa shape index (κ2) is 8.95. The SMILES string of the molecule is Cc1c(C)c(O)c(-c2nc(-c3c(O)c(O)c(O)c(O)c3O)nc(-c3c(O)c(O)c(O)c(Br)c3O)n2)c(O)c1O. The van der Waals surface area contributed by atoms with E-state index in [2.05, 4.69) is 30.9 Å². The van der Waals surface area contributed by atoms with Crippen molar-refractivity contribution in [1.29, 1.82) is 0 Å². The number of phenols is 12. The summed E-state index contributed by atoms with van der Waals surface area (Å²) in [5.41, 5.74) is -2.20. The summed E-state index contributed by atoms with van der Waals surface area (Å²) in [6, 6.07) is 0. The smallest absolute Gasteiger partial charge is 0.208 e. The molecule has 12 N–H and O–H groups in total. The van der Waals surface area contributed by atoms with Crippen molar-refractivity contribution in [2.45, 2.75) is 13.8 Å². The lowest BCUT2D eigenvalue weighted by molar-refractivity contribution is 0.329. The molecular weight excluding hydrogens is 590 g/mol. The lowest BCUT2D eigenvalue weighted by Gasteiger charge is -2.17. The minimum atomic E-state index is -1.31. The van der Waals surface area contributed by atoms with Gasteiger partial charge in [-0.3, -0.25) is 0 Å². The second-order valence-corrected chi connectivity index (χ2v) is 8.97. The number of aromatic nitrogens is 3. The van der Waals surface area contributed by atoms with Gasteiger partial charge in [0.1, 0.15) is 32.7 Å². The number of nitrogens with zero attached hydrogens (tertiary/aromatic N) is 3. The molecule has 0 atom stereocenters. The Bertz CT molecular complexity index is 1430. The molecule has 0 amide bonds. The van der Waals surface area contributed by atoms with Gasteiger partial charge in [-0.1, -0.05) is 0 Å². The highest BCUT2D eigenvalue weighted by Crippen LogP contribution is 2.56. The minimum Gasteiger partial charge on any atom is -0.507 e. The summed E-state index contributed by atoms with van der Waals surface area (Å²) in [6.45, 7) is 2.75. The zero-order chi connectivity index (χ0) is 29.2. The first-order valence-corrected chi connectivity index (χ1v) is 11.3. The monoisotopic (exact) mass is 607 g/mol. The molecule has 0 fully saturated rings. The number of phenolic OH excluding ortho intramolecular Hbond substituents is 12. The van der Waals surface area contributed by atoms with Crippen molar-refractivity contribution in [3.05, 3.63) is 15.6 Å². The zero-order valence-corrected chi connectivity index (χ0v) is 21.2. The summed E-state index contributed by atoms with van der Waals surface area (Å²) < 4.78 is -0.531. The van der Waals surface area contributed by atoms with Crippen LogP contribution in [0.2, 0.25) is 0 Å². The minimum absolute atomic E-state index is 0.0603. The number of halogens is 1. The predicted octanol–water partition coefficient (Wildman–Crippen LogP) is 2.72. The maximum absolute atomic E-state index is 10.8. The van der Waals surface area contributed by atoms with Crippen LogP contribution in [-0.2, 0) is 0 Å². The zero-order valence-electron chi connectivity index (χ0n) is 19.6. The normalized spacial score (nSPS) is 11.2. The van der Waals surface area contributed by atoms with Crippen molar-refractivity contribution < 1.29 is 61.3 Å². The summed E-state index contributed by atoms with van der Waals surface area (Å²) in [4.78, 5) is 11.8. The molecule has 204 valence electrons. The first kappa shape index (κ1) is 26.8. The summed E-state index contributed by atoms with van der Waals surface area (Å²) >= 11 is 2.81. The van der Waals surface area contributed by atoms with Crippen LogP contribution in [0.4, 0.5) is 0 Å². The van der Waals surface area contributed by atoms with Crippen LogP contribution < -0.4 is 0 Å². The van der Waals surface area contributed by atoms with E-state index in [1.807, 2.05) is 0 Å². The number of hydrogen-bond donors (Lipinski definition) is 12. The Kier molecular flexibility index (Phi) is 6.15. The average Bonchev–Trinajstić information content (AvgIpc) is 2.91. The van der Waals surface area contributed by atoms with Gasteiger partial charge in [0.15, 0.2) is 52.0 Å². The molecule has 0 aliphatic rings. The van der Waals surface area contributed by atoms with E-state index < -0.39 is 108 Å². The maximum atomic E-state index is 10.8. The summed E-state index contributed by atoms with van der Waals surface area (Å²) in [5.74, 6) is -15.3. The van der Waals surface area contributed by atoms with Crippen LogP contribution in [0, 0.1) is 13.8 Å². The van der Waals surface area contributed by atoms with E-state index in [0.29, 0.717) is 0 Å². The lowest BCUT2D eigenvalue weighted by Crippen LogP contribution is -2.02. The van der Waals surface area contributed by atoms with Gasteiger partial charge in [-0.25, -0.2) is 15.0 Å². The molecule has 39 heavy (non-hydrogen) atoms. The van der Waals surface area contributed by atoms with Crippen LogP contribution >= 0.6 is 15.9 Å². The Hall–Kier alpha value is -5.25. The standard InChI is InChI=1S/C23H18BrN3O12/c1-3-4(2)10(29)12(31)5(9(3)28)21-25-22(6-11(30)8(24)16(35)17(36)13(6)32)27-23(26-21)7-14(33)18(37)20(39)19(38)15(7)34/h28-39H,1-2H3. The van der Waals surface area contributed by atoms with Gasteiger partial charge in [-0.15, -0.1) is 0 Å². The van der Waals surface area contributed by atoms with Gasteiger partial charge in [0.25, 0.3) is 0 Å². The van der Waals surface area contributed by atoms with Gasteiger partial charge in [0.2, 0.25) is 23.0 Å². The predicted molar refractivity (Wildman–Crippen MR) is 133 cm³/mol. The Morgan fingerprint density at radius 2 is 0.641 bits per heavy atom. The Balaban J connectivity index is 2.22. The molecule has 0 aliphatic carbocycles. The largest absolute Gasteiger partial charge is 0.507 e. The van der Waals surface area contributed by atoms with E-state index >= 15 is 0 Å². The molecule has 0 saturated carbocycles. The molecule has 15 nitrogen and oxygen atoms in total. The first-order chi connectivity index (χ1) is 18.1. The van der Waals surface area contributed by atoms with Gasteiger partial charge in [0.05, 0.1) is 0 Å². The second-order valence-electron chi connectivity index (χ2n) is 8.18. The van der Waals surface area contributed by atoms with Gasteiger partial charge in [-0.05, 0) is 35.3 Å². The molecule has 0 radical (unpaired) electrons. The maximum Gasteiger partial charge on any atom is 0.208 e. The van der Waals surface area contributed by atoms with Crippen LogP contribution in [-0.4, -0.2) is 76.2 Å². The van der Waals surface area contributed by atoms with Gasteiger partial charge >= 0.3 is 0 Å². The van der Waals surface area contributed by atoms with Crippen molar-refractivity contribution in [3.63, 3.8) is 0 Å². The molecule has 0 spiro atoms. The number of aromatic hydroxyl groups is 12. The van der Waals surface area contributed by atoms with Crippen molar-refractivity contribution in [2.24, 2.45) is 0 Å². The Morgan fingerprint density at radius 3 is 1.08 bits per heavy atom. The number of benzene rings is 3. The molecule has 0 saturated heterocycles. The third kappa shape index (κ3) is 3.76. The van der Waals surface area contributed by atoms with E-state index in [4.69, 9.17) is 0 Å². The van der Waals surface area contributed by atoms with Crippen molar-refractivity contribution in [2.75, 3.05) is 0 Å². The highest BCUT2D eigenvalue weighted by atomic mass is 79.9. The van der Waals surface area contributed by atoms with Gasteiger partial charge in [-0.2, -0.15) is 0 Å². The Labute approximate surface area is 224 Å². The van der Waals surface area contributed by atoms with Gasteiger partial charge in [0, 0.05) is 5.56 Å². The fraction of sp³-hybridized carbons (Fsp3) is 0.0870. The molecule has 0 unspecified atom stereocenters. The van der Waals surface area contributed by atoms with Crippen LogP contribution in [0.1, 0.15) is 11.1 Å². The lowest BCUT2D eigenvalue weighted by atomic mass is 10.0. The van der Waals surface area contributed by atoms with Gasteiger partial charge < -0.3 is 61.3 Å². The van der Waals surface area contributed by atoms with E-state index in [-0.39, 0.29) is 11.1 Å². The highest BCUT2D eigenvalue weighted by molar-refractivity contribution is 9.10. The van der Waals surface area contributed by atoms with E-state index in [1.54, 1.807) is 0 Å². The van der Waals surface area contributed by atoms with Crippen LogP contribution in [0.5, 0.6) is 69.0 Å². The van der Waals surface area contributed by atoms with E-state index in [0.717, 1.165) is 0 Å². The van der Waals surface area contributed by atoms with E-state index in [1.165, 1.54) is 13.8 Å². The molecule has 16 heteroatoms. The summed E-state index contributed by atoms with van der Waals surface area (Å²) in [6.07, 6.45) is 0. The third-order valence-electron chi connectivity index (χ3n) is 5.99. The third-order valence-corrected chi connectivity index (χ3v) is 6.74. The topological polar surface area (TPSA) is 281 Å². The molecule has 0 aliphatic heterocycles. The van der Waals surface area contributed by atoms with Crippen LogP contribution in [0.15, 0.2) is 4.47 Å². The fourth-order valence-corrected chi connectivity index (χ4v) is 4.04. The number of hydrogen-bond acceptors (Lipinski definition) is 15. The fourth-order valence-electron chi connectivity index (χ4n) is 3.65. The van der Waals surface area contributed by atoms with E-state index in [9.17, 15) is 61.3 Å².